The lowest BCUT2D eigenvalue weighted by atomic mass is 10.2. The van der Waals surface area contributed by atoms with E-state index in [0.717, 1.165) is 0 Å². The summed E-state index contributed by atoms with van der Waals surface area (Å²) in [6.07, 6.45) is -1.67. The quantitative estimate of drug-likeness (QED) is 0.813. The van der Waals surface area contributed by atoms with Crippen LogP contribution in [0, 0.1) is 11.3 Å². The molecule has 2 aromatic rings. The van der Waals surface area contributed by atoms with Crippen molar-refractivity contribution in [1.29, 1.82) is 5.26 Å². The average Bonchev–Trinajstić information content (AvgIpc) is 2.95. The van der Waals surface area contributed by atoms with Crippen LogP contribution in [0.25, 0.3) is 11.0 Å². The van der Waals surface area contributed by atoms with Crippen LogP contribution in [0.3, 0.4) is 0 Å². The average molecular weight is 284 g/mol. The minimum Gasteiger partial charge on any atom is -0.364 e. The van der Waals surface area contributed by atoms with E-state index >= 15 is 0 Å². The molecular formula is C11H8ClF2N5. The predicted molar refractivity (Wildman–Crippen MR) is 65.6 cm³/mol. The minimum absolute atomic E-state index is 0.00744. The monoisotopic (exact) mass is 283 g/mol. The van der Waals surface area contributed by atoms with Crippen LogP contribution in [0.15, 0.2) is 6.20 Å². The van der Waals surface area contributed by atoms with Gasteiger partial charge in [-0.25, -0.2) is 13.8 Å². The first-order chi connectivity index (χ1) is 9.11. The number of aromatic nitrogens is 3. The van der Waals surface area contributed by atoms with Crippen molar-refractivity contribution in [2.45, 2.75) is 12.3 Å². The van der Waals surface area contributed by atoms with E-state index in [1.807, 2.05) is 6.07 Å². The van der Waals surface area contributed by atoms with Crippen LogP contribution >= 0.6 is 11.6 Å². The lowest BCUT2D eigenvalue weighted by Crippen LogP contribution is -2.22. The number of rotatable bonds is 1. The highest BCUT2D eigenvalue weighted by atomic mass is 35.5. The van der Waals surface area contributed by atoms with Crippen LogP contribution in [0.2, 0.25) is 5.15 Å². The van der Waals surface area contributed by atoms with E-state index < -0.39 is 12.3 Å². The smallest absolute Gasteiger partial charge is 0.159 e. The summed E-state index contributed by atoms with van der Waals surface area (Å²) in [5.74, 6) is 0. The normalized spacial score (nSPS) is 22.9. The second kappa shape index (κ2) is 4.31. The molecule has 1 saturated heterocycles. The Morgan fingerprint density at radius 3 is 2.74 bits per heavy atom. The number of pyridine rings is 1. The molecule has 5 nitrogen and oxygen atoms in total. The standard InChI is InChI=1S/C11H8ClF2N5/c12-10-5(1-15)9(6-2-16-18-11(6)17-10)19-3-7(13)8(14)4-19/h2,7-8H,3-4H2,(H,16,17,18)/t7-,8+. The molecule has 2 aromatic heterocycles. The van der Waals surface area contributed by atoms with Gasteiger partial charge in [-0.15, -0.1) is 0 Å². The lowest BCUT2D eigenvalue weighted by Gasteiger charge is -2.19. The van der Waals surface area contributed by atoms with Gasteiger partial charge in [-0.3, -0.25) is 5.10 Å². The molecule has 3 rings (SSSR count). The fourth-order valence-corrected chi connectivity index (χ4v) is 2.48. The fourth-order valence-electron chi connectivity index (χ4n) is 2.26. The van der Waals surface area contributed by atoms with E-state index in [-0.39, 0.29) is 23.8 Å². The van der Waals surface area contributed by atoms with Crippen molar-refractivity contribution >= 4 is 28.3 Å². The first-order valence-corrected chi connectivity index (χ1v) is 5.95. The van der Waals surface area contributed by atoms with E-state index in [1.54, 1.807) is 0 Å². The van der Waals surface area contributed by atoms with Gasteiger partial charge in [0.25, 0.3) is 0 Å². The van der Waals surface area contributed by atoms with Gasteiger partial charge in [0.2, 0.25) is 0 Å². The number of H-pyrrole nitrogens is 1. The highest BCUT2D eigenvalue weighted by molar-refractivity contribution is 6.31. The molecule has 0 amide bonds. The Hall–Kier alpha value is -1.94. The Balaban J connectivity index is 2.21. The summed E-state index contributed by atoms with van der Waals surface area (Å²) in [5, 5.41) is 16.1. The number of alkyl halides is 2. The summed E-state index contributed by atoms with van der Waals surface area (Å²) in [4.78, 5) is 5.46. The molecule has 0 saturated carbocycles. The second-order valence-electron chi connectivity index (χ2n) is 4.31. The van der Waals surface area contributed by atoms with Crippen LogP contribution in [0.1, 0.15) is 5.56 Å². The predicted octanol–water partition coefficient (Wildman–Crippen LogP) is 1.98. The number of nitrogens with zero attached hydrogens (tertiary/aromatic N) is 4. The summed E-state index contributed by atoms with van der Waals surface area (Å²) in [5.41, 5.74) is 0.877. The van der Waals surface area contributed by atoms with Crippen LogP contribution in [-0.4, -0.2) is 40.6 Å². The van der Waals surface area contributed by atoms with Gasteiger partial charge in [0.15, 0.2) is 23.1 Å². The van der Waals surface area contributed by atoms with Gasteiger partial charge in [0, 0.05) is 0 Å². The molecule has 0 bridgehead atoms. The number of hydrogen-bond donors (Lipinski definition) is 1. The van der Waals surface area contributed by atoms with E-state index in [4.69, 9.17) is 16.9 Å². The minimum atomic E-state index is -1.57. The molecule has 8 heteroatoms. The summed E-state index contributed by atoms with van der Waals surface area (Å²) in [6, 6.07) is 1.93. The fraction of sp³-hybridized carbons (Fsp3) is 0.364. The summed E-state index contributed by atoms with van der Waals surface area (Å²) >= 11 is 5.92. The van der Waals surface area contributed by atoms with Crippen molar-refractivity contribution in [1.82, 2.24) is 15.2 Å². The van der Waals surface area contributed by atoms with Gasteiger partial charge in [0.1, 0.15) is 11.6 Å². The van der Waals surface area contributed by atoms with Crippen molar-refractivity contribution in [3.8, 4) is 6.07 Å². The van der Waals surface area contributed by atoms with E-state index in [9.17, 15) is 8.78 Å². The topological polar surface area (TPSA) is 68.6 Å². The first kappa shape index (κ1) is 12.1. The summed E-state index contributed by atoms with van der Waals surface area (Å²) < 4.78 is 26.7. The number of hydrogen-bond acceptors (Lipinski definition) is 4. The van der Waals surface area contributed by atoms with Gasteiger partial charge in [-0.2, -0.15) is 10.4 Å². The van der Waals surface area contributed by atoms with Crippen LogP contribution in [0.5, 0.6) is 0 Å². The molecule has 1 N–H and O–H groups in total. The van der Waals surface area contributed by atoms with E-state index in [0.29, 0.717) is 16.7 Å². The summed E-state index contributed by atoms with van der Waals surface area (Å²) in [6.45, 7) is -0.229. The molecular weight excluding hydrogens is 276 g/mol. The van der Waals surface area contributed by atoms with E-state index in [2.05, 4.69) is 15.2 Å². The molecule has 1 aliphatic heterocycles. The molecule has 0 aliphatic carbocycles. The Bertz CT molecular complexity index is 670. The van der Waals surface area contributed by atoms with Crippen LogP contribution in [-0.2, 0) is 0 Å². The van der Waals surface area contributed by atoms with Crippen molar-refractivity contribution in [3.63, 3.8) is 0 Å². The van der Waals surface area contributed by atoms with Gasteiger partial charge < -0.3 is 4.90 Å². The highest BCUT2D eigenvalue weighted by Crippen LogP contribution is 2.35. The molecule has 1 fully saturated rings. The zero-order valence-corrected chi connectivity index (χ0v) is 10.3. The molecule has 0 radical (unpaired) electrons. The molecule has 19 heavy (non-hydrogen) atoms. The number of aromatic amines is 1. The molecule has 3 heterocycles. The third-order valence-corrected chi connectivity index (χ3v) is 3.41. The zero-order chi connectivity index (χ0) is 13.6. The maximum atomic E-state index is 13.3. The Kier molecular flexibility index (Phi) is 2.75. The van der Waals surface area contributed by atoms with Gasteiger partial charge in [0.05, 0.1) is 30.4 Å². The third kappa shape index (κ3) is 1.79. The SMILES string of the molecule is N#Cc1c(Cl)nc2[nH]ncc2c1N1C[C@@H](F)[C@@H](F)C1. The third-order valence-electron chi connectivity index (χ3n) is 3.14. The van der Waals surface area contributed by atoms with Crippen LogP contribution < -0.4 is 4.90 Å². The van der Waals surface area contributed by atoms with Gasteiger partial charge in [-0.05, 0) is 0 Å². The lowest BCUT2D eigenvalue weighted by molar-refractivity contribution is 0.217. The number of anilines is 1. The van der Waals surface area contributed by atoms with Crippen molar-refractivity contribution in [3.05, 3.63) is 16.9 Å². The van der Waals surface area contributed by atoms with Crippen molar-refractivity contribution in [2.24, 2.45) is 0 Å². The number of halogens is 3. The van der Waals surface area contributed by atoms with E-state index in [1.165, 1.54) is 11.1 Å². The maximum Gasteiger partial charge on any atom is 0.159 e. The molecule has 0 spiro atoms. The maximum absolute atomic E-state index is 13.3. The second-order valence-corrected chi connectivity index (χ2v) is 4.67. The van der Waals surface area contributed by atoms with Crippen molar-refractivity contribution in [2.75, 3.05) is 18.0 Å². The molecule has 98 valence electrons. The molecule has 2 atom stereocenters. The first-order valence-electron chi connectivity index (χ1n) is 5.57. The number of fused-ring (bicyclic) bond motifs is 1. The molecule has 1 aliphatic rings. The molecule has 0 aromatic carbocycles. The number of nitriles is 1. The molecule has 0 unspecified atom stereocenters. The zero-order valence-electron chi connectivity index (χ0n) is 9.57. The Morgan fingerprint density at radius 1 is 1.42 bits per heavy atom. The Labute approximate surface area is 111 Å². The largest absolute Gasteiger partial charge is 0.364 e. The summed E-state index contributed by atoms with van der Waals surface area (Å²) in [7, 11) is 0. The Morgan fingerprint density at radius 2 is 2.11 bits per heavy atom. The van der Waals surface area contributed by atoms with Crippen molar-refractivity contribution < 1.29 is 8.78 Å². The van der Waals surface area contributed by atoms with Gasteiger partial charge in [-0.1, -0.05) is 11.6 Å². The highest BCUT2D eigenvalue weighted by Gasteiger charge is 2.35. The van der Waals surface area contributed by atoms with Gasteiger partial charge >= 0.3 is 0 Å². The number of nitrogens with one attached hydrogen (secondary N) is 1. The van der Waals surface area contributed by atoms with Crippen LogP contribution in [0.4, 0.5) is 14.5 Å².